The molecule has 1 rings (SSSR count). The fourth-order valence-electron chi connectivity index (χ4n) is 1.12. The number of carbonyl (C=O) groups is 2. The molecule has 0 aliphatic rings. The SMILES string of the molecule is CN(CC(=O)O)C(=O)c1ccc(Br)c(F)c1. The first-order valence-corrected chi connectivity index (χ1v) is 5.13. The Labute approximate surface area is 99.8 Å². The summed E-state index contributed by atoms with van der Waals surface area (Å²) in [4.78, 5) is 23.0. The van der Waals surface area contributed by atoms with Crippen LogP contribution in [0.3, 0.4) is 0 Å². The molecule has 1 aromatic carbocycles. The smallest absolute Gasteiger partial charge is 0.323 e. The van der Waals surface area contributed by atoms with Crippen LogP contribution in [0.2, 0.25) is 0 Å². The van der Waals surface area contributed by atoms with Crippen molar-refractivity contribution < 1.29 is 19.1 Å². The molecule has 0 atom stereocenters. The monoisotopic (exact) mass is 289 g/mol. The van der Waals surface area contributed by atoms with Gasteiger partial charge in [-0.15, -0.1) is 0 Å². The molecule has 1 N–H and O–H groups in total. The van der Waals surface area contributed by atoms with Crippen molar-refractivity contribution in [3.8, 4) is 0 Å². The van der Waals surface area contributed by atoms with Gasteiger partial charge >= 0.3 is 5.97 Å². The molecule has 0 saturated heterocycles. The summed E-state index contributed by atoms with van der Waals surface area (Å²) in [5.41, 5.74) is 0.115. The van der Waals surface area contributed by atoms with E-state index < -0.39 is 24.2 Å². The second-order valence-electron chi connectivity index (χ2n) is 3.18. The number of benzene rings is 1. The largest absolute Gasteiger partial charge is 0.480 e. The summed E-state index contributed by atoms with van der Waals surface area (Å²) in [5, 5.41) is 8.50. The van der Waals surface area contributed by atoms with Crippen LogP contribution in [0.5, 0.6) is 0 Å². The van der Waals surface area contributed by atoms with Crippen LogP contribution in [0, 0.1) is 5.82 Å². The summed E-state index contributed by atoms with van der Waals surface area (Å²) >= 11 is 2.96. The predicted molar refractivity (Wildman–Crippen MR) is 58.7 cm³/mol. The molecule has 86 valence electrons. The van der Waals surface area contributed by atoms with Crippen LogP contribution in [-0.2, 0) is 4.79 Å². The van der Waals surface area contributed by atoms with Crippen molar-refractivity contribution in [1.82, 2.24) is 4.90 Å². The van der Waals surface area contributed by atoms with Crippen molar-refractivity contribution in [2.75, 3.05) is 13.6 Å². The summed E-state index contributed by atoms with van der Waals surface area (Å²) in [7, 11) is 1.34. The van der Waals surface area contributed by atoms with Gasteiger partial charge in [-0.3, -0.25) is 9.59 Å². The van der Waals surface area contributed by atoms with Gasteiger partial charge in [-0.1, -0.05) is 0 Å². The minimum Gasteiger partial charge on any atom is -0.480 e. The van der Waals surface area contributed by atoms with Crippen LogP contribution in [0.1, 0.15) is 10.4 Å². The summed E-state index contributed by atoms with van der Waals surface area (Å²) in [6, 6.07) is 3.88. The first-order chi connectivity index (χ1) is 7.41. The Morgan fingerprint density at radius 1 is 1.50 bits per heavy atom. The molecular formula is C10H9BrFNO3. The predicted octanol–water partition coefficient (Wildman–Crippen LogP) is 1.74. The van der Waals surface area contributed by atoms with Gasteiger partial charge in [0.2, 0.25) is 0 Å². The van der Waals surface area contributed by atoms with Gasteiger partial charge in [0.1, 0.15) is 12.4 Å². The van der Waals surface area contributed by atoms with E-state index in [9.17, 15) is 14.0 Å². The lowest BCUT2D eigenvalue weighted by Gasteiger charge is -2.14. The van der Waals surface area contributed by atoms with E-state index >= 15 is 0 Å². The highest BCUT2D eigenvalue weighted by atomic mass is 79.9. The summed E-state index contributed by atoms with van der Waals surface area (Å²) in [6.07, 6.45) is 0. The Balaban J connectivity index is 2.88. The maximum atomic E-state index is 13.1. The lowest BCUT2D eigenvalue weighted by molar-refractivity contribution is -0.137. The molecule has 0 saturated carbocycles. The molecule has 16 heavy (non-hydrogen) atoms. The van der Waals surface area contributed by atoms with E-state index in [1.807, 2.05) is 0 Å². The standard InChI is InChI=1S/C10H9BrFNO3/c1-13(5-9(14)15)10(16)6-2-3-7(11)8(12)4-6/h2-4H,5H2,1H3,(H,14,15). The molecule has 1 amide bonds. The molecule has 0 aromatic heterocycles. The number of rotatable bonds is 3. The molecule has 0 bridgehead atoms. The minimum absolute atomic E-state index is 0.115. The highest BCUT2D eigenvalue weighted by molar-refractivity contribution is 9.10. The third-order valence-corrected chi connectivity index (χ3v) is 2.53. The van der Waals surface area contributed by atoms with Gasteiger partial charge in [0.15, 0.2) is 0 Å². The number of nitrogens with zero attached hydrogens (tertiary/aromatic N) is 1. The molecule has 0 aliphatic heterocycles. The quantitative estimate of drug-likeness (QED) is 0.922. The summed E-state index contributed by atoms with van der Waals surface area (Å²) in [5.74, 6) is -2.21. The molecule has 1 aromatic rings. The molecule has 0 unspecified atom stereocenters. The van der Waals surface area contributed by atoms with Gasteiger partial charge in [0, 0.05) is 12.6 Å². The Hall–Kier alpha value is -1.43. The van der Waals surface area contributed by atoms with Gasteiger partial charge in [-0.05, 0) is 34.1 Å². The van der Waals surface area contributed by atoms with E-state index in [2.05, 4.69) is 15.9 Å². The molecule has 0 radical (unpaired) electrons. The number of likely N-dealkylation sites (N-methyl/N-ethyl adjacent to an activating group) is 1. The van der Waals surface area contributed by atoms with Gasteiger partial charge in [0.05, 0.1) is 4.47 Å². The average Bonchev–Trinajstić information content (AvgIpc) is 2.20. The third kappa shape index (κ3) is 3.03. The van der Waals surface area contributed by atoms with E-state index in [0.29, 0.717) is 0 Å². The lowest BCUT2D eigenvalue weighted by atomic mass is 10.2. The number of carboxylic acids is 1. The summed E-state index contributed by atoms with van der Waals surface area (Å²) < 4.78 is 13.4. The van der Waals surface area contributed by atoms with Crippen molar-refractivity contribution in [2.24, 2.45) is 0 Å². The molecule has 0 heterocycles. The van der Waals surface area contributed by atoms with E-state index in [4.69, 9.17) is 5.11 Å². The molecule has 0 spiro atoms. The number of hydrogen-bond donors (Lipinski definition) is 1. The van der Waals surface area contributed by atoms with Crippen molar-refractivity contribution in [3.05, 3.63) is 34.1 Å². The van der Waals surface area contributed by atoms with Crippen molar-refractivity contribution in [2.45, 2.75) is 0 Å². The van der Waals surface area contributed by atoms with Gasteiger partial charge in [-0.2, -0.15) is 0 Å². The maximum Gasteiger partial charge on any atom is 0.323 e. The normalized spacial score (nSPS) is 9.94. The van der Waals surface area contributed by atoms with Crippen LogP contribution >= 0.6 is 15.9 Å². The minimum atomic E-state index is -1.12. The number of carbonyl (C=O) groups excluding carboxylic acids is 1. The third-order valence-electron chi connectivity index (χ3n) is 1.89. The molecule has 6 heteroatoms. The van der Waals surface area contributed by atoms with Crippen LogP contribution in [0.25, 0.3) is 0 Å². The van der Waals surface area contributed by atoms with Crippen molar-refractivity contribution >= 4 is 27.8 Å². The first-order valence-electron chi connectivity index (χ1n) is 4.34. The molecule has 4 nitrogen and oxygen atoms in total. The second-order valence-corrected chi connectivity index (χ2v) is 4.04. The van der Waals surface area contributed by atoms with E-state index in [0.717, 1.165) is 11.0 Å². The Morgan fingerprint density at radius 3 is 2.62 bits per heavy atom. The fourth-order valence-corrected chi connectivity index (χ4v) is 1.37. The zero-order chi connectivity index (χ0) is 12.3. The van der Waals surface area contributed by atoms with E-state index in [-0.39, 0.29) is 10.0 Å². The van der Waals surface area contributed by atoms with Crippen molar-refractivity contribution in [3.63, 3.8) is 0 Å². The molecule has 0 aliphatic carbocycles. The van der Waals surface area contributed by atoms with E-state index in [1.54, 1.807) is 0 Å². The van der Waals surface area contributed by atoms with Gasteiger partial charge < -0.3 is 10.0 Å². The van der Waals surface area contributed by atoms with Crippen LogP contribution < -0.4 is 0 Å². The lowest BCUT2D eigenvalue weighted by Crippen LogP contribution is -2.31. The fraction of sp³-hybridized carbons (Fsp3) is 0.200. The number of halogens is 2. The Kier molecular flexibility index (Phi) is 4.00. The Morgan fingerprint density at radius 2 is 2.12 bits per heavy atom. The summed E-state index contributed by atoms with van der Waals surface area (Å²) in [6.45, 7) is -0.420. The highest BCUT2D eigenvalue weighted by Gasteiger charge is 2.15. The van der Waals surface area contributed by atoms with E-state index in [1.165, 1.54) is 19.2 Å². The zero-order valence-electron chi connectivity index (χ0n) is 8.41. The van der Waals surface area contributed by atoms with Gasteiger partial charge in [0.25, 0.3) is 5.91 Å². The molecule has 0 fully saturated rings. The number of amides is 1. The van der Waals surface area contributed by atoms with Crippen molar-refractivity contribution in [1.29, 1.82) is 0 Å². The van der Waals surface area contributed by atoms with Crippen LogP contribution in [0.4, 0.5) is 4.39 Å². The van der Waals surface area contributed by atoms with Crippen LogP contribution in [-0.4, -0.2) is 35.5 Å². The van der Waals surface area contributed by atoms with Gasteiger partial charge in [-0.25, -0.2) is 4.39 Å². The zero-order valence-corrected chi connectivity index (χ0v) is 9.99. The van der Waals surface area contributed by atoms with Crippen LogP contribution in [0.15, 0.2) is 22.7 Å². The Bertz CT molecular complexity index is 436. The number of hydrogen-bond acceptors (Lipinski definition) is 2. The highest BCUT2D eigenvalue weighted by Crippen LogP contribution is 2.17. The number of aliphatic carboxylic acids is 1. The second kappa shape index (κ2) is 5.07. The maximum absolute atomic E-state index is 13.1. The molecular weight excluding hydrogens is 281 g/mol. The topological polar surface area (TPSA) is 57.6 Å². The first kappa shape index (κ1) is 12.6. The average molecular weight is 290 g/mol. The number of carboxylic acid groups (broad SMARTS) is 1.